The van der Waals surface area contributed by atoms with Crippen molar-refractivity contribution < 1.29 is 24.5 Å². The molecule has 0 unspecified atom stereocenters. The van der Waals surface area contributed by atoms with Gasteiger partial charge in [-0.25, -0.2) is 4.79 Å². The van der Waals surface area contributed by atoms with Gasteiger partial charge >= 0.3 is 11.9 Å². The molecule has 6 nitrogen and oxygen atoms in total. The first-order valence-electron chi connectivity index (χ1n) is 5.94. The first kappa shape index (κ1) is 13.4. The number of rotatable bonds is 4. The van der Waals surface area contributed by atoms with Crippen molar-refractivity contribution in [1.82, 2.24) is 5.32 Å². The molecule has 0 saturated carbocycles. The summed E-state index contributed by atoms with van der Waals surface area (Å²) < 4.78 is 5.60. The third kappa shape index (κ3) is 3.03. The summed E-state index contributed by atoms with van der Waals surface area (Å²) in [4.78, 5) is 21.9. The molecule has 1 aliphatic heterocycles. The van der Waals surface area contributed by atoms with Gasteiger partial charge in [0, 0.05) is 13.0 Å². The number of ether oxygens (including phenoxy) is 1. The summed E-state index contributed by atoms with van der Waals surface area (Å²) in [7, 11) is 0. The number of carbonyl (C=O) groups is 2. The van der Waals surface area contributed by atoms with Gasteiger partial charge in [0.2, 0.25) is 0 Å². The average Bonchev–Trinajstić information content (AvgIpc) is 2.80. The lowest BCUT2D eigenvalue weighted by Gasteiger charge is -2.15. The Labute approximate surface area is 110 Å². The fourth-order valence-corrected chi connectivity index (χ4v) is 2.07. The van der Waals surface area contributed by atoms with Crippen LogP contribution in [0.15, 0.2) is 18.2 Å². The van der Waals surface area contributed by atoms with E-state index < -0.39 is 18.0 Å². The van der Waals surface area contributed by atoms with Crippen LogP contribution in [0, 0.1) is 6.92 Å². The molecule has 1 aromatic rings. The van der Waals surface area contributed by atoms with E-state index in [0.29, 0.717) is 13.0 Å². The van der Waals surface area contributed by atoms with E-state index in [1.54, 1.807) is 19.1 Å². The molecule has 2 rings (SSSR count). The van der Waals surface area contributed by atoms with Gasteiger partial charge in [0.25, 0.3) is 0 Å². The molecule has 0 bridgehead atoms. The number of carboxylic acids is 2. The van der Waals surface area contributed by atoms with Crippen molar-refractivity contribution in [1.29, 1.82) is 0 Å². The summed E-state index contributed by atoms with van der Waals surface area (Å²) in [5.41, 5.74) is 0.927. The lowest BCUT2D eigenvalue weighted by atomic mass is 10.1. The molecule has 19 heavy (non-hydrogen) atoms. The fraction of sp³-hybridized carbons (Fsp3) is 0.385. The van der Waals surface area contributed by atoms with Gasteiger partial charge < -0.3 is 20.3 Å². The largest absolute Gasteiger partial charge is 0.488 e. The third-order valence-corrected chi connectivity index (χ3v) is 3.05. The first-order chi connectivity index (χ1) is 8.97. The van der Waals surface area contributed by atoms with Crippen LogP contribution in [-0.4, -0.2) is 40.8 Å². The van der Waals surface area contributed by atoms with Gasteiger partial charge in [-0.3, -0.25) is 4.79 Å². The minimum atomic E-state index is -1.06. The van der Waals surface area contributed by atoms with Crippen molar-refractivity contribution in [2.45, 2.75) is 25.5 Å². The molecule has 1 fully saturated rings. The Morgan fingerprint density at radius 2 is 2.11 bits per heavy atom. The molecule has 0 spiro atoms. The molecule has 0 radical (unpaired) electrons. The van der Waals surface area contributed by atoms with E-state index in [4.69, 9.17) is 14.9 Å². The van der Waals surface area contributed by atoms with Crippen molar-refractivity contribution in [2.24, 2.45) is 0 Å². The quantitative estimate of drug-likeness (QED) is 0.748. The predicted molar refractivity (Wildman–Crippen MR) is 66.6 cm³/mol. The Morgan fingerprint density at radius 1 is 1.37 bits per heavy atom. The van der Waals surface area contributed by atoms with Gasteiger partial charge in [-0.1, -0.05) is 11.6 Å². The van der Waals surface area contributed by atoms with Crippen molar-refractivity contribution >= 4 is 11.9 Å². The molecule has 1 aromatic carbocycles. The van der Waals surface area contributed by atoms with Crippen molar-refractivity contribution in [3.8, 4) is 5.75 Å². The second-order valence-corrected chi connectivity index (χ2v) is 4.58. The van der Waals surface area contributed by atoms with Crippen LogP contribution >= 0.6 is 0 Å². The van der Waals surface area contributed by atoms with Crippen LogP contribution in [0.2, 0.25) is 0 Å². The van der Waals surface area contributed by atoms with Crippen LogP contribution in [0.5, 0.6) is 5.75 Å². The van der Waals surface area contributed by atoms with Crippen molar-refractivity contribution in [2.75, 3.05) is 6.54 Å². The Balaban J connectivity index is 2.12. The summed E-state index contributed by atoms with van der Waals surface area (Å²) in [6, 6.07) is 4.27. The predicted octanol–water partition coefficient (Wildman–Crippen LogP) is 0.887. The zero-order valence-corrected chi connectivity index (χ0v) is 10.4. The van der Waals surface area contributed by atoms with Crippen LogP contribution < -0.4 is 10.1 Å². The maximum atomic E-state index is 11.1. The van der Waals surface area contributed by atoms with Crippen LogP contribution in [0.4, 0.5) is 0 Å². The van der Waals surface area contributed by atoms with E-state index in [1.165, 1.54) is 6.07 Å². The number of hydrogen-bond acceptors (Lipinski definition) is 4. The van der Waals surface area contributed by atoms with Crippen LogP contribution in [0.1, 0.15) is 22.3 Å². The highest BCUT2D eigenvalue weighted by molar-refractivity contribution is 5.91. The summed E-state index contributed by atoms with van der Waals surface area (Å²) in [5, 5.41) is 20.8. The molecular formula is C13H15NO5. The molecule has 0 amide bonds. The summed E-state index contributed by atoms with van der Waals surface area (Å²) in [6.45, 7) is 2.19. The fourth-order valence-electron chi connectivity index (χ4n) is 2.07. The molecule has 2 atom stereocenters. The molecule has 1 heterocycles. The topological polar surface area (TPSA) is 95.9 Å². The van der Waals surface area contributed by atoms with Gasteiger partial charge in [-0.05, 0) is 19.1 Å². The average molecular weight is 265 g/mol. The van der Waals surface area contributed by atoms with Crippen LogP contribution in [-0.2, 0) is 4.79 Å². The molecule has 102 valence electrons. The van der Waals surface area contributed by atoms with E-state index in [1.807, 2.05) is 0 Å². The Morgan fingerprint density at radius 3 is 2.68 bits per heavy atom. The standard InChI is InChI=1S/C13H15NO5/c1-7-2-3-11(9(4-7)12(15)16)19-8-5-10(13(17)18)14-6-8/h2-4,8,10,14H,5-6H2,1H3,(H,15,16)(H,17,18)/t8-,10-/m0/s1. The summed E-state index contributed by atoms with van der Waals surface area (Å²) >= 11 is 0. The zero-order valence-electron chi connectivity index (χ0n) is 10.4. The molecule has 3 N–H and O–H groups in total. The SMILES string of the molecule is Cc1ccc(O[C@@H]2CN[C@H](C(=O)O)C2)c(C(=O)O)c1. The van der Waals surface area contributed by atoms with Gasteiger partial charge in [-0.2, -0.15) is 0 Å². The van der Waals surface area contributed by atoms with Gasteiger partial charge in [0.15, 0.2) is 0 Å². The van der Waals surface area contributed by atoms with E-state index in [0.717, 1.165) is 5.56 Å². The van der Waals surface area contributed by atoms with Crippen molar-refractivity contribution in [3.63, 3.8) is 0 Å². The lowest BCUT2D eigenvalue weighted by molar-refractivity contribution is -0.139. The highest BCUT2D eigenvalue weighted by atomic mass is 16.5. The molecule has 6 heteroatoms. The molecule has 0 aromatic heterocycles. The number of carboxylic acid groups (broad SMARTS) is 2. The molecule has 1 saturated heterocycles. The van der Waals surface area contributed by atoms with Gasteiger partial charge in [0.05, 0.1) is 0 Å². The number of aromatic carboxylic acids is 1. The Bertz CT molecular complexity index is 514. The maximum Gasteiger partial charge on any atom is 0.339 e. The third-order valence-electron chi connectivity index (χ3n) is 3.05. The Kier molecular flexibility index (Phi) is 3.71. The van der Waals surface area contributed by atoms with E-state index in [2.05, 4.69) is 5.32 Å². The molecule has 1 aliphatic rings. The van der Waals surface area contributed by atoms with E-state index >= 15 is 0 Å². The number of benzene rings is 1. The molecule has 0 aliphatic carbocycles. The maximum absolute atomic E-state index is 11.1. The number of aliphatic carboxylic acids is 1. The molecular weight excluding hydrogens is 250 g/mol. The Hall–Kier alpha value is -2.08. The van der Waals surface area contributed by atoms with Crippen molar-refractivity contribution in [3.05, 3.63) is 29.3 Å². The number of nitrogens with one attached hydrogen (secondary N) is 1. The highest BCUT2D eigenvalue weighted by Crippen LogP contribution is 2.23. The lowest BCUT2D eigenvalue weighted by Crippen LogP contribution is -2.30. The van der Waals surface area contributed by atoms with E-state index in [-0.39, 0.29) is 17.4 Å². The van der Waals surface area contributed by atoms with Gasteiger partial charge in [-0.15, -0.1) is 0 Å². The number of hydrogen-bond donors (Lipinski definition) is 3. The minimum absolute atomic E-state index is 0.0961. The van der Waals surface area contributed by atoms with Gasteiger partial charge in [0.1, 0.15) is 23.5 Å². The normalized spacial score (nSPS) is 22.2. The summed E-state index contributed by atoms with van der Waals surface area (Å²) in [6.07, 6.45) is -0.00987. The van der Waals surface area contributed by atoms with Crippen LogP contribution in [0.25, 0.3) is 0 Å². The highest BCUT2D eigenvalue weighted by Gasteiger charge is 2.31. The second kappa shape index (κ2) is 5.27. The number of aryl methyl sites for hydroxylation is 1. The summed E-state index contributed by atoms with van der Waals surface area (Å²) in [5.74, 6) is -1.70. The zero-order chi connectivity index (χ0) is 14.0. The van der Waals surface area contributed by atoms with E-state index in [9.17, 15) is 9.59 Å². The minimum Gasteiger partial charge on any atom is -0.488 e. The first-order valence-corrected chi connectivity index (χ1v) is 5.94. The smallest absolute Gasteiger partial charge is 0.339 e. The monoisotopic (exact) mass is 265 g/mol. The van der Waals surface area contributed by atoms with Crippen LogP contribution in [0.3, 0.4) is 0 Å². The second-order valence-electron chi connectivity index (χ2n) is 4.58.